The van der Waals surface area contributed by atoms with Crippen molar-refractivity contribution in [3.05, 3.63) is 76.1 Å². The highest BCUT2D eigenvalue weighted by Gasteiger charge is 2.16. The van der Waals surface area contributed by atoms with Gasteiger partial charge in [0.2, 0.25) is 0 Å². The van der Waals surface area contributed by atoms with Crippen molar-refractivity contribution in [3.8, 4) is 5.75 Å². The summed E-state index contributed by atoms with van der Waals surface area (Å²) in [7, 11) is 0. The highest BCUT2D eigenvalue weighted by molar-refractivity contribution is 5.80. The molecule has 5 nitrogen and oxygen atoms in total. The lowest BCUT2D eigenvalue weighted by Gasteiger charge is -2.22. The number of carbonyl (C=O) groups is 1. The predicted octanol–water partition coefficient (Wildman–Crippen LogP) is 3.65. The number of pyridine rings is 1. The van der Waals surface area contributed by atoms with E-state index in [1.165, 1.54) is 0 Å². The van der Waals surface area contributed by atoms with Crippen LogP contribution < -0.4 is 10.3 Å². The second-order valence-electron chi connectivity index (χ2n) is 6.63. The largest absolute Gasteiger partial charge is 0.484 e. The molecule has 140 valence electrons. The minimum absolute atomic E-state index is 0.0470. The van der Waals surface area contributed by atoms with E-state index in [4.69, 9.17) is 4.74 Å². The molecule has 0 saturated carbocycles. The molecular weight excluding hydrogens is 340 g/mol. The SMILES string of the molecule is CCCN(Cc1cc2cc(C)ccc2[nH]c1=O)C(=O)COc1ccccc1. The van der Waals surface area contributed by atoms with Gasteiger partial charge in [0.05, 0.1) is 6.54 Å². The monoisotopic (exact) mass is 364 g/mol. The number of aromatic amines is 1. The standard InChI is InChI=1S/C22H24N2O3/c1-3-11-24(21(25)15-27-19-7-5-4-6-8-19)14-18-13-17-12-16(2)9-10-20(17)23-22(18)26/h4-10,12-13H,3,11,14-15H2,1-2H3,(H,23,26). The number of hydrogen-bond acceptors (Lipinski definition) is 3. The first-order valence-electron chi connectivity index (χ1n) is 9.15. The van der Waals surface area contributed by atoms with E-state index < -0.39 is 0 Å². The van der Waals surface area contributed by atoms with E-state index >= 15 is 0 Å². The van der Waals surface area contributed by atoms with E-state index in [1.807, 2.05) is 68.4 Å². The van der Waals surface area contributed by atoms with E-state index in [2.05, 4.69) is 4.98 Å². The molecule has 0 aliphatic carbocycles. The van der Waals surface area contributed by atoms with Gasteiger partial charge in [0, 0.05) is 17.6 Å². The van der Waals surface area contributed by atoms with Crippen molar-refractivity contribution in [2.24, 2.45) is 0 Å². The fraction of sp³-hybridized carbons (Fsp3) is 0.273. The van der Waals surface area contributed by atoms with Crippen LogP contribution in [0.2, 0.25) is 0 Å². The van der Waals surface area contributed by atoms with Gasteiger partial charge in [-0.3, -0.25) is 9.59 Å². The third-order valence-corrected chi connectivity index (χ3v) is 4.39. The molecule has 2 aromatic carbocycles. The zero-order chi connectivity index (χ0) is 19.2. The number of amides is 1. The molecule has 3 aromatic rings. The van der Waals surface area contributed by atoms with Gasteiger partial charge in [0.25, 0.3) is 11.5 Å². The molecule has 0 fully saturated rings. The molecule has 0 aliphatic heterocycles. The molecular formula is C22H24N2O3. The topological polar surface area (TPSA) is 62.4 Å². The van der Waals surface area contributed by atoms with Crippen LogP contribution >= 0.6 is 0 Å². The minimum atomic E-state index is -0.163. The lowest BCUT2D eigenvalue weighted by Crippen LogP contribution is -2.36. The Morgan fingerprint density at radius 3 is 2.63 bits per heavy atom. The van der Waals surface area contributed by atoms with E-state index in [-0.39, 0.29) is 24.6 Å². The Labute approximate surface area is 158 Å². The Bertz CT molecular complexity index is 980. The number of ether oxygens (including phenoxy) is 1. The molecule has 0 spiro atoms. The molecule has 1 heterocycles. The number of aryl methyl sites for hydroxylation is 1. The molecule has 0 aliphatic rings. The maximum absolute atomic E-state index is 12.6. The number of para-hydroxylation sites is 1. The van der Waals surface area contributed by atoms with Gasteiger partial charge in [-0.2, -0.15) is 0 Å². The summed E-state index contributed by atoms with van der Waals surface area (Å²) >= 11 is 0. The Morgan fingerprint density at radius 1 is 1.11 bits per heavy atom. The molecule has 0 unspecified atom stereocenters. The Hall–Kier alpha value is -3.08. The fourth-order valence-electron chi connectivity index (χ4n) is 3.01. The minimum Gasteiger partial charge on any atom is -0.484 e. The molecule has 1 amide bonds. The van der Waals surface area contributed by atoms with Crippen LogP contribution in [0.1, 0.15) is 24.5 Å². The second kappa shape index (κ2) is 8.54. The maximum Gasteiger partial charge on any atom is 0.260 e. The van der Waals surface area contributed by atoms with Crippen LogP contribution in [0.5, 0.6) is 5.75 Å². The number of fused-ring (bicyclic) bond motifs is 1. The van der Waals surface area contributed by atoms with Crippen LogP contribution in [0.25, 0.3) is 10.9 Å². The van der Waals surface area contributed by atoms with Gasteiger partial charge in [-0.15, -0.1) is 0 Å². The molecule has 0 radical (unpaired) electrons. The summed E-state index contributed by atoms with van der Waals surface area (Å²) in [5.74, 6) is 0.519. The summed E-state index contributed by atoms with van der Waals surface area (Å²) < 4.78 is 5.57. The van der Waals surface area contributed by atoms with Crippen LogP contribution in [-0.2, 0) is 11.3 Å². The van der Waals surface area contributed by atoms with Crippen molar-refractivity contribution < 1.29 is 9.53 Å². The van der Waals surface area contributed by atoms with Crippen LogP contribution in [-0.4, -0.2) is 28.9 Å². The maximum atomic E-state index is 12.6. The average molecular weight is 364 g/mol. The summed E-state index contributed by atoms with van der Waals surface area (Å²) in [5, 5.41) is 0.967. The molecule has 1 aromatic heterocycles. The number of hydrogen-bond donors (Lipinski definition) is 1. The van der Waals surface area contributed by atoms with Gasteiger partial charge in [-0.1, -0.05) is 36.8 Å². The number of aromatic nitrogens is 1. The van der Waals surface area contributed by atoms with Gasteiger partial charge in [0.1, 0.15) is 5.75 Å². The quantitative estimate of drug-likeness (QED) is 0.696. The molecule has 1 N–H and O–H groups in total. The van der Waals surface area contributed by atoms with Crippen molar-refractivity contribution in [3.63, 3.8) is 0 Å². The highest BCUT2D eigenvalue weighted by atomic mass is 16.5. The lowest BCUT2D eigenvalue weighted by atomic mass is 10.1. The van der Waals surface area contributed by atoms with E-state index in [0.29, 0.717) is 17.9 Å². The zero-order valence-electron chi connectivity index (χ0n) is 15.7. The Balaban J connectivity index is 1.77. The number of nitrogens with zero attached hydrogens (tertiary/aromatic N) is 1. The number of nitrogens with one attached hydrogen (secondary N) is 1. The van der Waals surface area contributed by atoms with Gasteiger partial charge in [0.15, 0.2) is 6.61 Å². The van der Waals surface area contributed by atoms with E-state index in [1.54, 1.807) is 4.90 Å². The fourth-order valence-corrected chi connectivity index (χ4v) is 3.01. The Morgan fingerprint density at radius 2 is 1.89 bits per heavy atom. The van der Waals surface area contributed by atoms with Gasteiger partial charge in [-0.25, -0.2) is 0 Å². The first kappa shape index (κ1) is 18.7. The number of H-pyrrole nitrogens is 1. The van der Waals surface area contributed by atoms with Gasteiger partial charge >= 0.3 is 0 Å². The van der Waals surface area contributed by atoms with Crippen molar-refractivity contribution in [2.45, 2.75) is 26.8 Å². The van der Waals surface area contributed by atoms with Crippen LogP contribution in [0.4, 0.5) is 0 Å². The second-order valence-corrected chi connectivity index (χ2v) is 6.63. The van der Waals surface area contributed by atoms with Gasteiger partial charge in [-0.05, 0) is 49.1 Å². The lowest BCUT2D eigenvalue weighted by molar-refractivity contribution is -0.134. The molecule has 0 bridgehead atoms. The third kappa shape index (κ3) is 4.76. The van der Waals surface area contributed by atoms with Crippen molar-refractivity contribution in [1.29, 1.82) is 0 Å². The smallest absolute Gasteiger partial charge is 0.260 e. The molecule has 5 heteroatoms. The summed E-state index contributed by atoms with van der Waals surface area (Å²) in [4.78, 5) is 29.6. The number of carbonyl (C=O) groups excluding carboxylic acids is 1. The first-order valence-corrected chi connectivity index (χ1v) is 9.15. The molecule has 0 saturated heterocycles. The van der Waals surface area contributed by atoms with Crippen molar-refractivity contribution in [1.82, 2.24) is 9.88 Å². The normalized spacial score (nSPS) is 10.7. The van der Waals surface area contributed by atoms with Crippen molar-refractivity contribution in [2.75, 3.05) is 13.2 Å². The van der Waals surface area contributed by atoms with Crippen LogP contribution in [0, 0.1) is 6.92 Å². The average Bonchev–Trinajstić information content (AvgIpc) is 2.67. The molecule has 0 atom stereocenters. The Kier molecular flexibility index (Phi) is 5.91. The van der Waals surface area contributed by atoms with E-state index in [0.717, 1.165) is 22.9 Å². The summed E-state index contributed by atoms with van der Waals surface area (Å²) in [6.45, 7) is 4.81. The summed E-state index contributed by atoms with van der Waals surface area (Å²) in [6, 6.07) is 17.0. The van der Waals surface area contributed by atoms with Gasteiger partial charge < -0.3 is 14.6 Å². The predicted molar refractivity (Wildman–Crippen MR) is 107 cm³/mol. The molecule has 27 heavy (non-hydrogen) atoms. The number of rotatable bonds is 7. The van der Waals surface area contributed by atoms with E-state index in [9.17, 15) is 9.59 Å². The third-order valence-electron chi connectivity index (χ3n) is 4.39. The van der Waals surface area contributed by atoms with Crippen LogP contribution in [0.3, 0.4) is 0 Å². The zero-order valence-corrected chi connectivity index (χ0v) is 15.7. The summed E-state index contributed by atoms with van der Waals surface area (Å²) in [5.41, 5.74) is 2.34. The first-order chi connectivity index (χ1) is 13.1. The van der Waals surface area contributed by atoms with Crippen molar-refractivity contribution >= 4 is 16.8 Å². The highest BCUT2D eigenvalue weighted by Crippen LogP contribution is 2.15. The summed E-state index contributed by atoms with van der Waals surface area (Å²) in [6.07, 6.45) is 0.807. The number of benzene rings is 2. The van der Waals surface area contributed by atoms with Crippen LogP contribution in [0.15, 0.2) is 59.4 Å². The molecule has 3 rings (SSSR count).